The molecular formula is C16H13N3O4S3. The van der Waals surface area contributed by atoms with Crippen LogP contribution in [0.2, 0.25) is 0 Å². The lowest BCUT2D eigenvalue weighted by Gasteiger charge is -2.09. The third kappa shape index (κ3) is 4.21. The molecule has 0 spiro atoms. The lowest BCUT2D eigenvalue weighted by Crippen LogP contribution is -2.33. The maximum Gasteiger partial charge on any atom is 0.323 e. The highest BCUT2D eigenvalue weighted by Crippen LogP contribution is 2.33. The number of ether oxygens (including phenoxy) is 1. The number of hydrogen-bond acceptors (Lipinski definition) is 8. The molecule has 1 saturated heterocycles. The molecule has 7 nitrogen and oxygen atoms in total. The van der Waals surface area contributed by atoms with E-state index in [2.05, 4.69) is 10.3 Å². The van der Waals surface area contributed by atoms with Gasteiger partial charge in [0.25, 0.3) is 5.91 Å². The molecule has 3 rings (SSSR count). The van der Waals surface area contributed by atoms with Crippen molar-refractivity contribution >= 4 is 68.4 Å². The standard InChI is InChI=1S/C16H13N3O4S3/c1-23-11-4-2-9(3-5-11)17-15-18-10(8-25-15)6-12-14(22)19(7-13(20)21)16(24)26-12/h2-6,8H,7H2,1H3,(H,17,18)(H,20,21). The van der Waals surface area contributed by atoms with E-state index in [4.69, 9.17) is 22.1 Å². The fourth-order valence-corrected chi connectivity index (χ4v) is 4.04. The number of nitrogens with zero attached hydrogens (tertiary/aromatic N) is 2. The van der Waals surface area contributed by atoms with Crippen LogP contribution in [0.15, 0.2) is 34.6 Å². The van der Waals surface area contributed by atoms with E-state index in [1.807, 2.05) is 24.3 Å². The average Bonchev–Trinajstić information content (AvgIpc) is 3.15. The number of thiazole rings is 1. The number of carboxylic acid groups (broad SMARTS) is 1. The number of anilines is 2. The second-order valence-corrected chi connectivity index (χ2v) is 7.63. The Kier molecular flexibility index (Phi) is 5.55. The summed E-state index contributed by atoms with van der Waals surface area (Å²) in [5, 5.41) is 14.5. The molecule has 134 valence electrons. The highest BCUT2D eigenvalue weighted by atomic mass is 32.2. The summed E-state index contributed by atoms with van der Waals surface area (Å²) in [7, 11) is 1.61. The van der Waals surface area contributed by atoms with Crippen LogP contribution >= 0.6 is 35.3 Å². The molecule has 2 aromatic rings. The monoisotopic (exact) mass is 407 g/mol. The molecule has 1 aliphatic heterocycles. The van der Waals surface area contributed by atoms with E-state index in [0.717, 1.165) is 28.1 Å². The summed E-state index contributed by atoms with van der Waals surface area (Å²) in [4.78, 5) is 28.9. The fraction of sp³-hybridized carbons (Fsp3) is 0.125. The van der Waals surface area contributed by atoms with Crippen LogP contribution in [-0.4, -0.2) is 44.8 Å². The van der Waals surface area contributed by atoms with Gasteiger partial charge in [0.05, 0.1) is 17.7 Å². The highest BCUT2D eigenvalue weighted by Gasteiger charge is 2.33. The number of hydrogen-bond donors (Lipinski definition) is 2. The number of carbonyl (C=O) groups is 2. The van der Waals surface area contributed by atoms with E-state index >= 15 is 0 Å². The topological polar surface area (TPSA) is 91.8 Å². The van der Waals surface area contributed by atoms with Crippen LogP contribution in [0.25, 0.3) is 6.08 Å². The van der Waals surface area contributed by atoms with Crippen LogP contribution in [0.5, 0.6) is 5.75 Å². The number of benzene rings is 1. The Labute approximate surface area is 162 Å². The van der Waals surface area contributed by atoms with Gasteiger partial charge in [-0.05, 0) is 30.3 Å². The maximum absolute atomic E-state index is 12.2. The Bertz CT molecular complexity index is 892. The van der Waals surface area contributed by atoms with Crippen molar-refractivity contribution in [1.82, 2.24) is 9.88 Å². The van der Waals surface area contributed by atoms with Gasteiger partial charge in [0.1, 0.15) is 16.6 Å². The van der Waals surface area contributed by atoms with Crippen LogP contribution in [0, 0.1) is 0 Å². The number of methoxy groups -OCH3 is 1. The van der Waals surface area contributed by atoms with Gasteiger partial charge in [-0.1, -0.05) is 24.0 Å². The zero-order chi connectivity index (χ0) is 18.7. The summed E-state index contributed by atoms with van der Waals surface area (Å²) in [5.74, 6) is -0.763. The summed E-state index contributed by atoms with van der Waals surface area (Å²) >= 11 is 7.53. The van der Waals surface area contributed by atoms with Crippen molar-refractivity contribution in [3.05, 3.63) is 40.2 Å². The summed E-state index contributed by atoms with van der Waals surface area (Å²) in [5.41, 5.74) is 1.46. The van der Waals surface area contributed by atoms with Crippen molar-refractivity contribution in [3.63, 3.8) is 0 Å². The van der Waals surface area contributed by atoms with E-state index in [1.54, 1.807) is 18.6 Å². The molecule has 1 aromatic heterocycles. The minimum Gasteiger partial charge on any atom is -0.497 e. The second-order valence-electron chi connectivity index (χ2n) is 5.09. The first-order valence-corrected chi connectivity index (χ1v) is 9.40. The van der Waals surface area contributed by atoms with Gasteiger partial charge in [0, 0.05) is 11.1 Å². The first kappa shape index (κ1) is 18.4. The maximum atomic E-state index is 12.2. The van der Waals surface area contributed by atoms with Crippen LogP contribution < -0.4 is 10.1 Å². The molecule has 26 heavy (non-hydrogen) atoms. The number of nitrogens with one attached hydrogen (secondary N) is 1. The lowest BCUT2D eigenvalue weighted by molar-refractivity contribution is -0.140. The van der Waals surface area contributed by atoms with Crippen LogP contribution in [0.3, 0.4) is 0 Å². The Morgan fingerprint density at radius 3 is 2.81 bits per heavy atom. The number of thiocarbonyl (C=S) groups is 1. The van der Waals surface area contributed by atoms with Gasteiger partial charge in [-0.2, -0.15) is 0 Å². The lowest BCUT2D eigenvalue weighted by atomic mass is 10.3. The van der Waals surface area contributed by atoms with E-state index < -0.39 is 18.4 Å². The van der Waals surface area contributed by atoms with Gasteiger partial charge >= 0.3 is 5.97 Å². The number of thioether (sulfide) groups is 1. The molecule has 1 fully saturated rings. The molecule has 1 aliphatic rings. The Balaban J connectivity index is 1.71. The van der Waals surface area contributed by atoms with Crippen molar-refractivity contribution in [2.45, 2.75) is 0 Å². The summed E-state index contributed by atoms with van der Waals surface area (Å²) < 4.78 is 5.35. The Morgan fingerprint density at radius 1 is 1.42 bits per heavy atom. The summed E-state index contributed by atoms with van der Waals surface area (Å²) in [6, 6.07) is 7.42. The minimum atomic E-state index is -1.11. The van der Waals surface area contributed by atoms with Gasteiger partial charge < -0.3 is 15.2 Å². The molecule has 0 unspecified atom stereocenters. The first-order chi connectivity index (χ1) is 12.5. The van der Waals surface area contributed by atoms with E-state index in [-0.39, 0.29) is 4.32 Å². The smallest absolute Gasteiger partial charge is 0.323 e. The van der Waals surface area contributed by atoms with Gasteiger partial charge in [-0.15, -0.1) is 11.3 Å². The molecule has 10 heteroatoms. The molecule has 2 N–H and O–H groups in total. The predicted molar refractivity (Wildman–Crippen MR) is 106 cm³/mol. The average molecular weight is 407 g/mol. The minimum absolute atomic E-state index is 0.232. The molecule has 2 heterocycles. The molecule has 0 radical (unpaired) electrons. The van der Waals surface area contributed by atoms with Crippen molar-refractivity contribution < 1.29 is 19.4 Å². The van der Waals surface area contributed by atoms with E-state index in [9.17, 15) is 9.59 Å². The van der Waals surface area contributed by atoms with Gasteiger partial charge in [-0.3, -0.25) is 14.5 Å². The number of carbonyl (C=O) groups excluding carboxylic acids is 1. The Hall–Kier alpha value is -2.43. The third-order valence-corrected chi connectivity index (χ3v) is 5.46. The molecule has 1 aromatic carbocycles. The number of carboxylic acids is 1. The zero-order valence-corrected chi connectivity index (χ0v) is 15.9. The van der Waals surface area contributed by atoms with Crippen molar-refractivity contribution in [2.75, 3.05) is 19.0 Å². The number of aromatic nitrogens is 1. The van der Waals surface area contributed by atoms with Crippen LogP contribution in [-0.2, 0) is 9.59 Å². The second kappa shape index (κ2) is 7.85. The largest absolute Gasteiger partial charge is 0.497 e. The van der Waals surface area contributed by atoms with Crippen LogP contribution in [0.4, 0.5) is 10.8 Å². The molecule has 0 aliphatic carbocycles. The molecule has 1 amide bonds. The van der Waals surface area contributed by atoms with Crippen molar-refractivity contribution in [3.8, 4) is 5.75 Å². The summed E-state index contributed by atoms with van der Waals surface area (Å²) in [6.07, 6.45) is 1.61. The number of aliphatic carboxylic acids is 1. The van der Waals surface area contributed by atoms with Crippen molar-refractivity contribution in [1.29, 1.82) is 0 Å². The van der Waals surface area contributed by atoms with Crippen molar-refractivity contribution in [2.24, 2.45) is 0 Å². The number of amides is 1. The zero-order valence-electron chi connectivity index (χ0n) is 13.5. The molecule has 0 saturated carbocycles. The SMILES string of the molecule is COc1ccc(Nc2nc(C=C3SC(=S)N(CC(=O)O)C3=O)cs2)cc1. The molecule has 0 bridgehead atoms. The van der Waals surface area contributed by atoms with Gasteiger partial charge in [-0.25, -0.2) is 4.98 Å². The Morgan fingerprint density at radius 2 is 2.15 bits per heavy atom. The fourth-order valence-electron chi connectivity index (χ4n) is 2.11. The summed E-state index contributed by atoms with van der Waals surface area (Å²) in [6.45, 7) is -0.441. The highest BCUT2D eigenvalue weighted by molar-refractivity contribution is 8.26. The van der Waals surface area contributed by atoms with E-state index in [1.165, 1.54) is 11.3 Å². The molecular weight excluding hydrogens is 394 g/mol. The quantitative estimate of drug-likeness (QED) is 0.557. The normalized spacial score (nSPS) is 15.6. The van der Waals surface area contributed by atoms with Gasteiger partial charge in [0.15, 0.2) is 5.13 Å². The number of rotatable bonds is 6. The predicted octanol–water partition coefficient (Wildman–Crippen LogP) is 3.18. The van der Waals surface area contributed by atoms with E-state index in [0.29, 0.717) is 15.7 Å². The first-order valence-electron chi connectivity index (χ1n) is 7.30. The van der Waals surface area contributed by atoms with Gasteiger partial charge in [0.2, 0.25) is 0 Å². The molecule has 0 atom stereocenters. The van der Waals surface area contributed by atoms with Crippen LogP contribution in [0.1, 0.15) is 5.69 Å². The third-order valence-electron chi connectivity index (χ3n) is 3.31.